The first-order chi connectivity index (χ1) is 15.1. The van der Waals surface area contributed by atoms with Crippen molar-refractivity contribution >= 4 is 29.3 Å². The number of para-hydroxylation sites is 1. The summed E-state index contributed by atoms with van der Waals surface area (Å²) in [5, 5.41) is 5.92. The number of nitrogens with one attached hydrogen (secondary N) is 2. The van der Waals surface area contributed by atoms with Crippen LogP contribution >= 0.6 is 11.8 Å². The van der Waals surface area contributed by atoms with Gasteiger partial charge in [0.15, 0.2) is 0 Å². The van der Waals surface area contributed by atoms with Crippen LogP contribution in [0.5, 0.6) is 5.75 Å². The molecule has 2 aromatic rings. The molecule has 0 aliphatic carbocycles. The van der Waals surface area contributed by atoms with Crippen molar-refractivity contribution in [3.63, 3.8) is 0 Å². The maximum Gasteiger partial charge on any atom is 0.234 e. The minimum absolute atomic E-state index is 0.0625. The van der Waals surface area contributed by atoms with E-state index < -0.39 is 0 Å². The first-order valence-electron chi connectivity index (χ1n) is 10.6. The lowest BCUT2D eigenvalue weighted by Gasteiger charge is -2.29. The first kappa shape index (κ1) is 23.2. The summed E-state index contributed by atoms with van der Waals surface area (Å²) in [7, 11) is 1.68. The average molecular weight is 442 g/mol. The van der Waals surface area contributed by atoms with Crippen LogP contribution in [0.2, 0.25) is 0 Å². The quantitative estimate of drug-likeness (QED) is 0.589. The van der Waals surface area contributed by atoms with Gasteiger partial charge in [0.05, 0.1) is 24.7 Å². The average Bonchev–Trinajstić information content (AvgIpc) is 3.29. The number of amides is 2. The molecule has 1 saturated heterocycles. The molecule has 0 spiro atoms. The van der Waals surface area contributed by atoms with E-state index >= 15 is 0 Å². The Morgan fingerprint density at radius 3 is 2.55 bits per heavy atom. The van der Waals surface area contributed by atoms with Crippen molar-refractivity contribution in [1.29, 1.82) is 0 Å². The monoisotopic (exact) mass is 441 g/mol. The van der Waals surface area contributed by atoms with Gasteiger partial charge in [-0.05, 0) is 56.6 Å². The van der Waals surface area contributed by atoms with Gasteiger partial charge in [-0.2, -0.15) is 0 Å². The molecule has 31 heavy (non-hydrogen) atoms. The number of nitrogens with zero attached hydrogens (tertiary/aromatic N) is 1. The van der Waals surface area contributed by atoms with E-state index in [-0.39, 0.29) is 29.4 Å². The predicted octanol–water partition coefficient (Wildman–Crippen LogP) is 3.63. The maximum absolute atomic E-state index is 12.4. The summed E-state index contributed by atoms with van der Waals surface area (Å²) >= 11 is 1.32. The molecule has 1 aliphatic rings. The SMILES string of the molecule is COc1ccccc1C(CNC(=O)CSCC(=O)Nc1cccc(C)c1)N1CCCC1. The number of carbonyl (C=O) groups is 2. The van der Waals surface area contributed by atoms with Crippen LogP contribution in [0, 0.1) is 6.92 Å². The van der Waals surface area contributed by atoms with Gasteiger partial charge in [0.1, 0.15) is 5.75 Å². The number of benzene rings is 2. The van der Waals surface area contributed by atoms with Crippen molar-refractivity contribution in [3.05, 3.63) is 59.7 Å². The molecular formula is C24H31N3O3S. The van der Waals surface area contributed by atoms with E-state index in [1.807, 2.05) is 49.4 Å². The van der Waals surface area contributed by atoms with Crippen LogP contribution in [0.15, 0.2) is 48.5 Å². The second-order valence-corrected chi connectivity index (χ2v) is 8.70. The number of anilines is 1. The summed E-state index contributed by atoms with van der Waals surface area (Å²) in [6.45, 7) is 4.55. The number of likely N-dealkylation sites (tertiary alicyclic amines) is 1. The van der Waals surface area contributed by atoms with E-state index in [1.165, 1.54) is 24.6 Å². The highest BCUT2D eigenvalue weighted by Gasteiger charge is 2.26. The molecule has 6 nitrogen and oxygen atoms in total. The van der Waals surface area contributed by atoms with Gasteiger partial charge in [0.25, 0.3) is 0 Å². The van der Waals surface area contributed by atoms with Crippen LogP contribution in [0.3, 0.4) is 0 Å². The zero-order chi connectivity index (χ0) is 22.1. The van der Waals surface area contributed by atoms with E-state index in [4.69, 9.17) is 4.74 Å². The Labute approximate surface area is 188 Å². The normalized spacial score (nSPS) is 14.8. The molecule has 0 saturated carbocycles. The van der Waals surface area contributed by atoms with E-state index in [0.717, 1.165) is 35.7 Å². The molecule has 2 amide bonds. The lowest BCUT2D eigenvalue weighted by Crippen LogP contribution is -2.37. The Morgan fingerprint density at radius 1 is 1.06 bits per heavy atom. The fourth-order valence-corrected chi connectivity index (χ4v) is 4.50. The van der Waals surface area contributed by atoms with Gasteiger partial charge in [0.2, 0.25) is 11.8 Å². The standard InChI is InChI=1S/C24H31N3O3S/c1-18-8-7-9-19(14-18)26-24(29)17-31-16-23(28)25-15-21(27-12-5-6-13-27)20-10-3-4-11-22(20)30-2/h3-4,7-11,14,21H,5-6,12-13,15-17H2,1-2H3,(H,25,28)(H,26,29). The molecule has 2 N–H and O–H groups in total. The minimum Gasteiger partial charge on any atom is -0.496 e. The van der Waals surface area contributed by atoms with Crippen molar-refractivity contribution in [1.82, 2.24) is 10.2 Å². The molecule has 3 rings (SSSR count). The number of aryl methyl sites for hydroxylation is 1. The highest BCUT2D eigenvalue weighted by Crippen LogP contribution is 2.31. The summed E-state index contributed by atoms with van der Waals surface area (Å²) in [4.78, 5) is 26.9. The van der Waals surface area contributed by atoms with Crippen LogP contribution in [0.25, 0.3) is 0 Å². The smallest absolute Gasteiger partial charge is 0.234 e. The Morgan fingerprint density at radius 2 is 1.81 bits per heavy atom. The molecular weight excluding hydrogens is 410 g/mol. The van der Waals surface area contributed by atoms with Gasteiger partial charge in [-0.25, -0.2) is 0 Å². The number of rotatable bonds is 10. The van der Waals surface area contributed by atoms with E-state index in [0.29, 0.717) is 6.54 Å². The van der Waals surface area contributed by atoms with Gasteiger partial charge in [-0.15, -0.1) is 11.8 Å². The minimum atomic E-state index is -0.104. The number of ether oxygens (including phenoxy) is 1. The lowest BCUT2D eigenvalue weighted by molar-refractivity contribution is -0.118. The van der Waals surface area contributed by atoms with Crippen LogP contribution in [0.1, 0.15) is 30.0 Å². The third-order valence-corrected chi connectivity index (χ3v) is 6.27. The zero-order valence-electron chi connectivity index (χ0n) is 18.2. The van der Waals surface area contributed by atoms with Crippen LogP contribution in [-0.2, 0) is 9.59 Å². The van der Waals surface area contributed by atoms with Gasteiger partial charge in [-0.1, -0.05) is 30.3 Å². The molecule has 1 aliphatic heterocycles. The molecule has 1 fully saturated rings. The number of hydrogen-bond acceptors (Lipinski definition) is 5. The predicted molar refractivity (Wildman–Crippen MR) is 127 cm³/mol. The topological polar surface area (TPSA) is 70.7 Å². The van der Waals surface area contributed by atoms with Gasteiger partial charge >= 0.3 is 0 Å². The highest BCUT2D eigenvalue weighted by molar-refractivity contribution is 8.00. The third-order valence-electron chi connectivity index (χ3n) is 5.34. The fraction of sp³-hybridized carbons (Fsp3) is 0.417. The Hall–Kier alpha value is -2.51. The van der Waals surface area contributed by atoms with E-state index in [9.17, 15) is 9.59 Å². The van der Waals surface area contributed by atoms with Crippen LogP contribution in [-0.4, -0.2) is 55.0 Å². The summed E-state index contributed by atoms with van der Waals surface area (Å²) in [5.41, 5.74) is 2.96. The fourth-order valence-electron chi connectivity index (χ4n) is 3.85. The summed E-state index contributed by atoms with van der Waals surface area (Å²) < 4.78 is 5.55. The summed E-state index contributed by atoms with van der Waals surface area (Å²) in [6, 6.07) is 15.7. The van der Waals surface area contributed by atoms with Gasteiger partial charge in [-0.3, -0.25) is 14.5 Å². The molecule has 1 heterocycles. The van der Waals surface area contributed by atoms with Crippen molar-refractivity contribution in [2.24, 2.45) is 0 Å². The molecule has 1 atom stereocenters. The van der Waals surface area contributed by atoms with Crippen molar-refractivity contribution in [3.8, 4) is 5.75 Å². The number of thioether (sulfide) groups is 1. The lowest BCUT2D eigenvalue weighted by atomic mass is 10.0. The molecule has 0 aromatic heterocycles. The van der Waals surface area contributed by atoms with E-state index in [1.54, 1.807) is 7.11 Å². The Balaban J connectivity index is 1.47. The molecule has 7 heteroatoms. The number of methoxy groups -OCH3 is 1. The van der Waals surface area contributed by atoms with E-state index in [2.05, 4.69) is 21.6 Å². The summed E-state index contributed by atoms with van der Waals surface area (Å²) in [5.74, 6) is 1.17. The van der Waals surface area contributed by atoms with Crippen molar-refractivity contribution < 1.29 is 14.3 Å². The number of carbonyl (C=O) groups excluding carboxylic acids is 2. The molecule has 0 bridgehead atoms. The summed E-state index contributed by atoms with van der Waals surface area (Å²) in [6.07, 6.45) is 2.34. The molecule has 2 aromatic carbocycles. The molecule has 0 radical (unpaired) electrons. The largest absolute Gasteiger partial charge is 0.496 e. The molecule has 166 valence electrons. The Kier molecular flexibility index (Phi) is 8.79. The second-order valence-electron chi connectivity index (χ2n) is 7.72. The first-order valence-corrected chi connectivity index (χ1v) is 11.8. The highest BCUT2D eigenvalue weighted by atomic mass is 32.2. The zero-order valence-corrected chi connectivity index (χ0v) is 19.0. The van der Waals surface area contributed by atoms with Crippen LogP contribution in [0.4, 0.5) is 5.69 Å². The van der Waals surface area contributed by atoms with Crippen molar-refractivity contribution in [2.75, 3.05) is 43.6 Å². The second kappa shape index (κ2) is 11.8. The molecule has 1 unspecified atom stereocenters. The van der Waals surface area contributed by atoms with Gasteiger partial charge < -0.3 is 15.4 Å². The van der Waals surface area contributed by atoms with Crippen molar-refractivity contribution in [2.45, 2.75) is 25.8 Å². The maximum atomic E-state index is 12.4. The van der Waals surface area contributed by atoms with Crippen LogP contribution < -0.4 is 15.4 Å². The third kappa shape index (κ3) is 7.01. The van der Waals surface area contributed by atoms with Gasteiger partial charge in [0, 0.05) is 17.8 Å². The number of hydrogen-bond donors (Lipinski definition) is 2. The Bertz CT molecular complexity index is 884.